The summed E-state index contributed by atoms with van der Waals surface area (Å²) in [6.07, 6.45) is -0.843. The molecule has 0 saturated carbocycles. The van der Waals surface area contributed by atoms with E-state index in [1.807, 2.05) is 0 Å². The standard InChI is InChI=1S/C8H17NO4/c1-4-13-8(11)6(2)9-7(10)5-12-3/h6-7,9-10H,4-5H2,1-3H3/t6-,7?/m0/s1. The minimum absolute atomic E-state index is 0.143. The molecular formula is C8H17NO4. The third kappa shape index (κ3) is 5.57. The van der Waals surface area contributed by atoms with E-state index in [9.17, 15) is 9.90 Å². The number of carbonyl (C=O) groups is 1. The van der Waals surface area contributed by atoms with Crippen molar-refractivity contribution in [2.24, 2.45) is 0 Å². The van der Waals surface area contributed by atoms with E-state index in [0.29, 0.717) is 6.61 Å². The summed E-state index contributed by atoms with van der Waals surface area (Å²) in [5.41, 5.74) is 0. The maximum atomic E-state index is 11.0. The molecule has 0 aromatic heterocycles. The molecule has 13 heavy (non-hydrogen) atoms. The van der Waals surface area contributed by atoms with Crippen molar-refractivity contribution in [1.82, 2.24) is 5.32 Å². The molecule has 5 heteroatoms. The lowest BCUT2D eigenvalue weighted by atomic mass is 10.3. The summed E-state index contributed by atoms with van der Waals surface area (Å²) < 4.78 is 9.41. The van der Waals surface area contributed by atoms with Crippen LogP contribution in [-0.4, -0.2) is 43.7 Å². The van der Waals surface area contributed by atoms with E-state index < -0.39 is 12.3 Å². The largest absolute Gasteiger partial charge is 0.465 e. The van der Waals surface area contributed by atoms with E-state index in [-0.39, 0.29) is 12.6 Å². The SMILES string of the molecule is CCOC(=O)[C@H](C)NC(O)COC. The Hall–Kier alpha value is -0.650. The molecule has 0 bridgehead atoms. The summed E-state index contributed by atoms with van der Waals surface area (Å²) in [6.45, 7) is 3.84. The number of aliphatic hydroxyl groups is 1. The quantitative estimate of drug-likeness (QED) is 0.437. The molecule has 1 unspecified atom stereocenters. The number of aliphatic hydroxyl groups excluding tert-OH is 1. The highest BCUT2D eigenvalue weighted by atomic mass is 16.5. The maximum absolute atomic E-state index is 11.0. The Morgan fingerprint density at radius 3 is 2.69 bits per heavy atom. The van der Waals surface area contributed by atoms with Crippen LogP contribution in [0.25, 0.3) is 0 Å². The Balaban J connectivity index is 3.71. The summed E-state index contributed by atoms with van der Waals surface area (Å²) in [7, 11) is 1.47. The molecular weight excluding hydrogens is 174 g/mol. The van der Waals surface area contributed by atoms with Crippen LogP contribution in [0.3, 0.4) is 0 Å². The summed E-state index contributed by atoms with van der Waals surface area (Å²) in [5.74, 6) is -0.377. The van der Waals surface area contributed by atoms with Crippen molar-refractivity contribution >= 4 is 5.97 Å². The van der Waals surface area contributed by atoms with Gasteiger partial charge in [-0.1, -0.05) is 0 Å². The minimum Gasteiger partial charge on any atom is -0.465 e. The van der Waals surface area contributed by atoms with Gasteiger partial charge in [-0.3, -0.25) is 10.1 Å². The fourth-order valence-electron chi connectivity index (χ4n) is 0.830. The minimum atomic E-state index is -0.843. The number of carbonyl (C=O) groups excluding carboxylic acids is 1. The first kappa shape index (κ1) is 12.3. The van der Waals surface area contributed by atoms with E-state index >= 15 is 0 Å². The van der Waals surface area contributed by atoms with Gasteiger partial charge in [-0.05, 0) is 13.8 Å². The molecule has 0 amide bonds. The Kier molecular flexibility index (Phi) is 6.48. The van der Waals surface area contributed by atoms with Crippen LogP contribution in [0.2, 0.25) is 0 Å². The third-order valence-corrected chi connectivity index (χ3v) is 1.41. The zero-order chi connectivity index (χ0) is 10.3. The van der Waals surface area contributed by atoms with Crippen LogP contribution in [-0.2, 0) is 14.3 Å². The summed E-state index contributed by atoms with van der Waals surface area (Å²) in [4.78, 5) is 11.0. The molecule has 0 aromatic rings. The number of methoxy groups -OCH3 is 1. The number of rotatable bonds is 6. The van der Waals surface area contributed by atoms with E-state index in [4.69, 9.17) is 4.74 Å². The average molecular weight is 191 g/mol. The number of esters is 1. The Labute approximate surface area is 78.0 Å². The van der Waals surface area contributed by atoms with E-state index in [2.05, 4.69) is 10.1 Å². The second-order valence-electron chi connectivity index (χ2n) is 2.61. The molecule has 2 atom stereocenters. The molecule has 0 aliphatic heterocycles. The van der Waals surface area contributed by atoms with Gasteiger partial charge < -0.3 is 14.6 Å². The van der Waals surface area contributed by atoms with Crippen molar-refractivity contribution in [3.8, 4) is 0 Å². The second kappa shape index (κ2) is 6.82. The highest BCUT2D eigenvalue weighted by molar-refractivity contribution is 5.75. The van der Waals surface area contributed by atoms with Crippen LogP contribution in [0.5, 0.6) is 0 Å². The monoisotopic (exact) mass is 191 g/mol. The summed E-state index contributed by atoms with van der Waals surface area (Å²) in [6, 6.07) is -0.523. The van der Waals surface area contributed by atoms with Crippen molar-refractivity contribution in [2.75, 3.05) is 20.3 Å². The van der Waals surface area contributed by atoms with Crippen LogP contribution < -0.4 is 5.32 Å². The van der Waals surface area contributed by atoms with Crippen molar-refractivity contribution in [3.63, 3.8) is 0 Å². The molecule has 2 N–H and O–H groups in total. The van der Waals surface area contributed by atoms with Crippen molar-refractivity contribution in [1.29, 1.82) is 0 Å². The van der Waals surface area contributed by atoms with Crippen LogP contribution in [0.4, 0.5) is 0 Å². The molecule has 5 nitrogen and oxygen atoms in total. The topological polar surface area (TPSA) is 67.8 Å². The third-order valence-electron chi connectivity index (χ3n) is 1.41. The number of nitrogens with one attached hydrogen (secondary N) is 1. The lowest BCUT2D eigenvalue weighted by Gasteiger charge is -2.16. The van der Waals surface area contributed by atoms with Crippen LogP contribution in [0, 0.1) is 0 Å². The van der Waals surface area contributed by atoms with Crippen LogP contribution in [0.15, 0.2) is 0 Å². The Bertz CT molecular complexity index is 151. The van der Waals surface area contributed by atoms with Crippen molar-refractivity contribution in [3.05, 3.63) is 0 Å². The van der Waals surface area contributed by atoms with Gasteiger partial charge in [0.25, 0.3) is 0 Å². The molecule has 0 heterocycles. The normalized spacial score (nSPS) is 15.1. The van der Waals surface area contributed by atoms with Gasteiger partial charge in [0.15, 0.2) is 0 Å². The van der Waals surface area contributed by atoms with Gasteiger partial charge in [0.2, 0.25) is 0 Å². The number of ether oxygens (including phenoxy) is 2. The highest BCUT2D eigenvalue weighted by Crippen LogP contribution is 1.90. The molecule has 0 radical (unpaired) electrons. The second-order valence-corrected chi connectivity index (χ2v) is 2.61. The van der Waals surface area contributed by atoms with Gasteiger partial charge in [-0.25, -0.2) is 0 Å². The maximum Gasteiger partial charge on any atom is 0.322 e. The van der Waals surface area contributed by atoms with E-state index in [0.717, 1.165) is 0 Å². The van der Waals surface area contributed by atoms with Crippen LogP contribution in [0.1, 0.15) is 13.8 Å². The first-order valence-electron chi connectivity index (χ1n) is 4.21. The molecule has 0 aromatic carbocycles. The van der Waals surface area contributed by atoms with Gasteiger partial charge in [0.05, 0.1) is 13.2 Å². The zero-order valence-corrected chi connectivity index (χ0v) is 8.24. The van der Waals surface area contributed by atoms with Crippen molar-refractivity contribution in [2.45, 2.75) is 26.1 Å². The highest BCUT2D eigenvalue weighted by Gasteiger charge is 2.16. The summed E-state index contributed by atoms with van der Waals surface area (Å²) in [5, 5.41) is 11.8. The number of hydrogen-bond donors (Lipinski definition) is 2. The first-order chi connectivity index (χ1) is 6.11. The predicted molar refractivity (Wildman–Crippen MR) is 47.1 cm³/mol. The molecule has 78 valence electrons. The van der Waals surface area contributed by atoms with Crippen molar-refractivity contribution < 1.29 is 19.4 Å². The van der Waals surface area contributed by atoms with Gasteiger partial charge in [-0.15, -0.1) is 0 Å². The molecule has 0 rings (SSSR count). The zero-order valence-electron chi connectivity index (χ0n) is 8.24. The average Bonchev–Trinajstić information content (AvgIpc) is 2.05. The molecule has 0 spiro atoms. The molecule has 0 fully saturated rings. The molecule has 0 saturated heterocycles. The smallest absolute Gasteiger partial charge is 0.322 e. The van der Waals surface area contributed by atoms with Gasteiger partial charge in [-0.2, -0.15) is 0 Å². The summed E-state index contributed by atoms with van der Waals surface area (Å²) >= 11 is 0. The van der Waals surface area contributed by atoms with Crippen LogP contribution >= 0.6 is 0 Å². The fourth-order valence-corrected chi connectivity index (χ4v) is 0.830. The predicted octanol–water partition coefficient (Wildman–Crippen LogP) is -0.508. The van der Waals surface area contributed by atoms with Gasteiger partial charge >= 0.3 is 5.97 Å². The first-order valence-corrected chi connectivity index (χ1v) is 4.21. The lowest BCUT2D eigenvalue weighted by molar-refractivity contribution is -0.146. The Morgan fingerprint density at radius 2 is 2.23 bits per heavy atom. The van der Waals surface area contributed by atoms with Gasteiger partial charge in [0.1, 0.15) is 12.3 Å². The van der Waals surface area contributed by atoms with E-state index in [1.165, 1.54) is 7.11 Å². The lowest BCUT2D eigenvalue weighted by Crippen LogP contribution is -2.44. The number of hydrogen-bond acceptors (Lipinski definition) is 5. The molecule has 0 aliphatic carbocycles. The van der Waals surface area contributed by atoms with E-state index in [1.54, 1.807) is 13.8 Å². The fraction of sp³-hybridized carbons (Fsp3) is 0.875. The van der Waals surface area contributed by atoms with Gasteiger partial charge in [0, 0.05) is 7.11 Å². The molecule has 0 aliphatic rings. The Morgan fingerprint density at radius 1 is 1.62 bits per heavy atom.